The van der Waals surface area contributed by atoms with Crippen LogP contribution >= 0.6 is 23.5 Å². The third-order valence-electron chi connectivity index (χ3n) is 4.11. The summed E-state index contributed by atoms with van der Waals surface area (Å²) >= 11 is 1.65. The van der Waals surface area contributed by atoms with Crippen LogP contribution in [0.25, 0.3) is 5.69 Å². The molecule has 1 N–H and O–H groups in total. The van der Waals surface area contributed by atoms with Crippen molar-refractivity contribution in [1.82, 2.24) is 14.8 Å². The van der Waals surface area contributed by atoms with E-state index in [2.05, 4.69) is 15.5 Å². The number of nitrogens with one attached hydrogen (secondary N) is 1. The number of para-hydroxylation sites is 1. The highest BCUT2D eigenvalue weighted by atomic mass is 32.2. The smallest absolute Gasteiger partial charge is 0.288 e. The zero-order valence-corrected chi connectivity index (χ0v) is 17.8. The van der Waals surface area contributed by atoms with Crippen molar-refractivity contribution in [3.8, 4) is 5.69 Å². The molecule has 0 saturated heterocycles. The minimum atomic E-state index is -2.55. The van der Waals surface area contributed by atoms with Crippen molar-refractivity contribution >= 4 is 35.1 Å². The van der Waals surface area contributed by atoms with Crippen LogP contribution in [0.4, 0.5) is 14.5 Å². The summed E-state index contributed by atoms with van der Waals surface area (Å²) in [7, 11) is 0. The van der Waals surface area contributed by atoms with E-state index in [1.807, 2.05) is 43.5 Å². The molecule has 0 fully saturated rings. The molecule has 0 atom stereocenters. The number of hydrogen-bond acceptors (Lipinski definition) is 5. The first-order valence-electron chi connectivity index (χ1n) is 8.81. The Labute approximate surface area is 176 Å². The lowest BCUT2D eigenvalue weighted by molar-refractivity contribution is -0.113. The average molecular weight is 435 g/mol. The van der Waals surface area contributed by atoms with Crippen LogP contribution in [0.15, 0.2) is 52.5 Å². The van der Waals surface area contributed by atoms with Gasteiger partial charge in [0.05, 0.1) is 17.1 Å². The maximum Gasteiger partial charge on any atom is 0.288 e. The Hall–Kier alpha value is -2.39. The lowest BCUT2D eigenvalue weighted by Gasteiger charge is -2.13. The molecule has 9 heteroatoms. The molecule has 1 amide bonds. The number of amides is 1. The Morgan fingerprint density at radius 3 is 2.66 bits per heavy atom. The largest absolute Gasteiger partial charge is 0.324 e. The van der Waals surface area contributed by atoms with Gasteiger partial charge in [-0.3, -0.25) is 9.36 Å². The molecule has 3 aromatic rings. The van der Waals surface area contributed by atoms with Gasteiger partial charge in [-0.2, -0.15) is 8.78 Å². The molecule has 152 valence electrons. The molecule has 1 heterocycles. The molecule has 0 unspecified atom stereocenters. The van der Waals surface area contributed by atoms with Gasteiger partial charge in [-0.15, -0.1) is 10.2 Å². The number of thioether (sulfide) groups is 2. The number of hydrogen-bond donors (Lipinski definition) is 1. The van der Waals surface area contributed by atoms with Crippen LogP contribution in [-0.2, 0) is 4.79 Å². The number of nitrogens with zero attached hydrogens (tertiary/aromatic N) is 3. The number of carbonyl (C=O) groups is 1. The molecule has 2 aromatic carbocycles. The van der Waals surface area contributed by atoms with Crippen molar-refractivity contribution in [3.05, 3.63) is 59.4 Å². The first kappa shape index (κ1) is 21.3. The Morgan fingerprint density at radius 2 is 1.90 bits per heavy atom. The Bertz CT molecular complexity index is 1020. The number of aromatic nitrogens is 3. The normalized spacial score (nSPS) is 11.1. The number of alkyl halides is 2. The van der Waals surface area contributed by atoms with Crippen LogP contribution < -0.4 is 5.32 Å². The first-order chi connectivity index (χ1) is 13.8. The van der Waals surface area contributed by atoms with Crippen molar-refractivity contribution in [3.63, 3.8) is 0 Å². The third kappa shape index (κ3) is 5.36. The van der Waals surface area contributed by atoms with Crippen LogP contribution in [0, 0.1) is 20.8 Å². The van der Waals surface area contributed by atoms with Crippen LogP contribution in [0.1, 0.15) is 17.0 Å². The highest BCUT2D eigenvalue weighted by molar-refractivity contribution is 8.00. The van der Waals surface area contributed by atoms with E-state index in [4.69, 9.17) is 0 Å². The minimum absolute atomic E-state index is 0.0800. The molecule has 5 nitrogen and oxygen atoms in total. The summed E-state index contributed by atoms with van der Waals surface area (Å²) in [6.45, 7) is 5.88. The van der Waals surface area contributed by atoms with Crippen molar-refractivity contribution in [1.29, 1.82) is 0 Å². The molecule has 0 aliphatic heterocycles. The number of benzene rings is 2. The zero-order chi connectivity index (χ0) is 21.0. The van der Waals surface area contributed by atoms with Crippen molar-refractivity contribution < 1.29 is 13.6 Å². The fourth-order valence-corrected chi connectivity index (χ4v) is 4.14. The van der Waals surface area contributed by atoms with E-state index in [9.17, 15) is 13.6 Å². The lowest BCUT2D eigenvalue weighted by Crippen LogP contribution is -2.15. The van der Waals surface area contributed by atoms with E-state index in [1.165, 1.54) is 11.8 Å². The second kappa shape index (κ2) is 9.41. The predicted molar refractivity (Wildman–Crippen MR) is 113 cm³/mol. The summed E-state index contributed by atoms with van der Waals surface area (Å²) in [6, 6.07) is 12.6. The molecule has 0 radical (unpaired) electrons. The maximum absolute atomic E-state index is 12.7. The highest BCUT2D eigenvalue weighted by Gasteiger charge is 2.16. The topological polar surface area (TPSA) is 59.8 Å². The minimum Gasteiger partial charge on any atom is -0.324 e. The van der Waals surface area contributed by atoms with Gasteiger partial charge in [-0.25, -0.2) is 0 Å². The quantitative estimate of drug-likeness (QED) is 0.516. The number of carbonyl (C=O) groups excluding carboxylic acids is 1. The van der Waals surface area contributed by atoms with Gasteiger partial charge in [0.25, 0.3) is 5.76 Å². The van der Waals surface area contributed by atoms with Crippen LogP contribution in [0.3, 0.4) is 0 Å². The number of rotatable bonds is 7. The first-order valence-corrected chi connectivity index (χ1v) is 10.7. The van der Waals surface area contributed by atoms with E-state index in [1.54, 1.807) is 24.3 Å². The Balaban J connectivity index is 1.73. The van der Waals surface area contributed by atoms with Crippen LogP contribution in [-0.4, -0.2) is 32.2 Å². The molecule has 29 heavy (non-hydrogen) atoms. The molecule has 3 rings (SSSR count). The molecule has 0 aliphatic carbocycles. The number of anilines is 1. The summed E-state index contributed by atoms with van der Waals surface area (Å²) in [5, 5.41) is 11.6. The SMILES string of the molecule is Cc1ccc(C)c(-n2c(C)nnc2SCC(=O)Nc2ccccc2SC(F)F)c1. The monoisotopic (exact) mass is 434 g/mol. The van der Waals surface area contributed by atoms with Gasteiger partial charge in [0, 0.05) is 4.90 Å². The van der Waals surface area contributed by atoms with Crippen molar-refractivity contribution in [2.45, 2.75) is 36.6 Å². The van der Waals surface area contributed by atoms with Crippen molar-refractivity contribution in [2.75, 3.05) is 11.1 Å². The lowest BCUT2D eigenvalue weighted by atomic mass is 10.1. The van der Waals surface area contributed by atoms with Gasteiger partial charge in [0.15, 0.2) is 5.16 Å². The van der Waals surface area contributed by atoms with E-state index < -0.39 is 5.76 Å². The van der Waals surface area contributed by atoms with Gasteiger partial charge >= 0.3 is 0 Å². The number of halogens is 2. The van der Waals surface area contributed by atoms with Gasteiger partial charge in [0.1, 0.15) is 5.82 Å². The molecule has 1 aromatic heterocycles. The summed E-state index contributed by atoms with van der Waals surface area (Å²) in [5.41, 5.74) is 3.52. The van der Waals surface area contributed by atoms with Gasteiger partial charge in [-0.05, 0) is 50.1 Å². The van der Waals surface area contributed by atoms with E-state index in [0.29, 0.717) is 27.5 Å². The summed E-state index contributed by atoms with van der Waals surface area (Å²) < 4.78 is 27.3. The van der Waals surface area contributed by atoms with Crippen LogP contribution in [0.5, 0.6) is 0 Å². The fraction of sp³-hybridized carbons (Fsp3) is 0.250. The Morgan fingerprint density at radius 1 is 1.14 bits per heavy atom. The highest BCUT2D eigenvalue weighted by Crippen LogP contribution is 2.32. The molecule has 0 saturated carbocycles. The molecule has 0 aliphatic rings. The maximum atomic E-state index is 12.7. The Kier molecular flexibility index (Phi) is 6.92. The van der Waals surface area contributed by atoms with E-state index >= 15 is 0 Å². The van der Waals surface area contributed by atoms with Gasteiger partial charge in [-0.1, -0.05) is 47.8 Å². The fourth-order valence-electron chi connectivity index (χ4n) is 2.76. The summed E-state index contributed by atoms with van der Waals surface area (Å²) in [6.07, 6.45) is 0. The van der Waals surface area contributed by atoms with Gasteiger partial charge < -0.3 is 5.32 Å². The summed E-state index contributed by atoms with van der Waals surface area (Å²) in [4.78, 5) is 12.7. The summed E-state index contributed by atoms with van der Waals surface area (Å²) in [5.74, 6) is -2.05. The van der Waals surface area contributed by atoms with Crippen molar-refractivity contribution in [2.24, 2.45) is 0 Å². The zero-order valence-electron chi connectivity index (χ0n) is 16.1. The average Bonchev–Trinajstić information content (AvgIpc) is 3.03. The molecule has 0 bridgehead atoms. The molecular weight excluding hydrogens is 414 g/mol. The van der Waals surface area contributed by atoms with Gasteiger partial charge in [0.2, 0.25) is 5.91 Å². The molecule has 0 spiro atoms. The van der Waals surface area contributed by atoms with E-state index in [-0.39, 0.29) is 11.7 Å². The third-order valence-corrected chi connectivity index (χ3v) is 5.83. The van der Waals surface area contributed by atoms with E-state index in [0.717, 1.165) is 22.6 Å². The number of aryl methyl sites for hydroxylation is 3. The van der Waals surface area contributed by atoms with Crippen LogP contribution in [0.2, 0.25) is 0 Å². The predicted octanol–water partition coefficient (Wildman–Crippen LogP) is 5.24. The standard InChI is InChI=1S/C20H20F2N4OS2/c1-12-8-9-13(2)16(10-12)26-14(3)24-25-20(26)28-11-18(27)23-15-6-4-5-7-17(15)29-19(21)22/h4-10,19H,11H2,1-3H3,(H,23,27). The second-order valence-corrected chi connectivity index (χ2v) is 8.34. The second-order valence-electron chi connectivity index (χ2n) is 6.37. The molecular formula is C20H20F2N4OS2.